The van der Waals surface area contributed by atoms with E-state index in [9.17, 15) is 26.7 Å². The van der Waals surface area contributed by atoms with Crippen LogP contribution in [0.15, 0.2) is 41.3 Å². The third-order valence-electron chi connectivity index (χ3n) is 5.23. The lowest BCUT2D eigenvalue weighted by molar-refractivity contribution is -0.267. The summed E-state index contributed by atoms with van der Waals surface area (Å²) in [5.41, 5.74) is -3.20. The molecule has 4 nitrogen and oxygen atoms in total. The number of nitrogens with zero attached hydrogens (tertiary/aromatic N) is 1. The molecule has 1 N–H and O–H groups in total. The molecule has 1 aliphatic carbocycles. The first-order chi connectivity index (χ1) is 13.4. The van der Waals surface area contributed by atoms with Gasteiger partial charge in [-0.1, -0.05) is 40.9 Å². The molecule has 0 spiro atoms. The first-order valence-corrected chi connectivity index (χ1v) is 10.7. The fraction of sp³-hybridized carbons (Fsp3) is 0.263. The van der Waals surface area contributed by atoms with Gasteiger partial charge in [0.15, 0.2) is 0 Å². The minimum absolute atomic E-state index is 0.00811. The lowest BCUT2D eigenvalue weighted by atomic mass is 10.0. The van der Waals surface area contributed by atoms with Crippen molar-refractivity contribution in [1.82, 2.24) is 3.97 Å². The van der Waals surface area contributed by atoms with E-state index < -0.39 is 33.9 Å². The highest BCUT2D eigenvalue weighted by atomic mass is 35.5. The van der Waals surface area contributed by atoms with Crippen LogP contribution in [0.25, 0.3) is 10.9 Å². The molecule has 0 saturated carbocycles. The second-order valence-corrected chi connectivity index (χ2v) is 9.65. The van der Waals surface area contributed by atoms with Crippen LogP contribution in [0.1, 0.15) is 23.2 Å². The highest BCUT2D eigenvalue weighted by Gasteiger charge is 2.61. The Morgan fingerprint density at radius 1 is 1.10 bits per heavy atom. The van der Waals surface area contributed by atoms with Crippen LogP contribution in [0.5, 0.6) is 0 Å². The Hall–Kier alpha value is -1.74. The van der Waals surface area contributed by atoms with Crippen molar-refractivity contribution < 1.29 is 26.7 Å². The summed E-state index contributed by atoms with van der Waals surface area (Å²) in [4.78, 5) is -0.203. The van der Waals surface area contributed by atoms with Gasteiger partial charge in [-0.05, 0) is 49.6 Å². The van der Waals surface area contributed by atoms with Gasteiger partial charge in [-0.15, -0.1) is 0 Å². The van der Waals surface area contributed by atoms with E-state index in [1.165, 1.54) is 24.3 Å². The van der Waals surface area contributed by atoms with Crippen molar-refractivity contribution in [3.63, 3.8) is 0 Å². The third kappa shape index (κ3) is 2.88. The van der Waals surface area contributed by atoms with E-state index in [4.69, 9.17) is 23.2 Å². The Balaban J connectivity index is 2.15. The van der Waals surface area contributed by atoms with Gasteiger partial charge in [0.25, 0.3) is 10.0 Å². The van der Waals surface area contributed by atoms with Crippen LogP contribution in [0.4, 0.5) is 13.2 Å². The topological polar surface area (TPSA) is 59.3 Å². The van der Waals surface area contributed by atoms with Crippen molar-refractivity contribution in [1.29, 1.82) is 0 Å². The molecule has 154 valence electrons. The Bertz CT molecular complexity index is 1250. The predicted octanol–water partition coefficient (Wildman–Crippen LogP) is 5.19. The SMILES string of the molecule is Cc1ccc(S(=O)(=O)n2c3c(c4cc(Cl)c(Cl)cc42)CCC3(O)C(F)(F)F)cc1. The van der Waals surface area contributed by atoms with Crippen LogP contribution in [-0.4, -0.2) is 23.7 Å². The summed E-state index contributed by atoms with van der Waals surface area (Å²) in [6.45, 7) is 1.75. The van der Waals surface area contributed by atoms with Gasteiger partial charge in [0, 0.05) is 5.39 Å². The molecule has 29 heavy (non-hydrogen) atoms. The first-order valence-electron chi connectivity index (χ1n) is 8.52. The van der Waals surface area contributed by atoms with E-state index in [-0.39, 0.29) is 37.8 Å². The van der Waals surface area contributed by atoms with E-state index in [0.717, 1.165) is 5.56 Å². The van der Waals surface area contributed by atoms with Crippen molar-refractivity contribution in [3.05, 3.63) is 63.3 Å². The monoisotopic (exact) mass is 463 g/mol. The highest BCUT2D eigenvalue weighted by molar-refractivity contribution is 7.90. The fourth-order valence-electron chi connectivity index (χ4n) is 3.75. The number of aliphatic hydroxyl groups is 1. The van der Waals surface area contributed by atoms with Crippen molar-refractivity contribution in [2.75, 3.05) is 0 Å². The minimum Gasteiger partial charge on any atom is -0.375 e. The molecule has 0 radical (unpaired) electrons. The van der Waals surface area contributed by atoms with Gasteiger partial charge in [-0.3, -0.25) is 0 Å². The number of alkyl halides is 3. The van der Waals surface area contributed by atoms with Crippen molar-refractivity contribution in [2.45, 2.75) is 36.4 Å². The van der Waals surface area contributed by atoms with Crippen LogP contribution in [0, 0.1) is 6.92 Å². The van der Waals surface area contributed by atoms with Gasteiger partial charge < -0.3 is 5.11 Å². The molecule has 0 saturated heterocycles. The summed E-state index contributed by atoms with van der Waals surface area (Å²) < 4.78 is 68.8. The Morgan fingerprint density at radius 2 is 1.69 bits per heavy atom. The quantitative estimate of drug-likeness (QED) is 0.568. The molecule has 10 heteroatoms. The van der Waals surface area contributed by atoms with Crippen molar-refractivity contribution >= 4 is 44.1 Å². The third-order valence-corrected chi connectivity index (χ3v) is 7.68. The Kier molecular flexibility index (Phi) is 4.51. The lowest BCUT2D eigenvalue weighted by Crippen LogP contribution is -2.42. The summed E-state index contributed by atoms with van der Waals surface area (Å²) >= 11 is 12.1. The molecule has 0 bridgehead atoms. The second-order valence-electron chi connectivity index (χ2n) is 7.05. The molecule has 1 aliphatic rings. The molecule has 1 aromatic heterocycles. The standard InChI is InChI=1S/C19H14Cl2F3NO3S/c1-10-2-4-11(5-3-10)29(27,28)25-16-9-15(21)14(20)8-13(16)12-6-7-18(26,17(12)25)19(22,23)24/h2-5,8-9,26H,6-7H2,1H3. The smallest absolute Gasteiger partial charge is 0.375 e. The maximum absolute atomic E-state index is 13.8. The molecule has 4 rings (SSSR count). The first kappa shape index (κ1) is 20.5. The van der Waals surface area contributed by atoms with Crippen LogP contribution < -0.4 is 0 Å². The van der Waals surface area contributed by atoms with Crippen LogP contribution >= 0.6 is 23.2 Å². The van der Waals surface area contributed by atoms with E-state index in [2.05, 4.69) is 0 Å². The number of benzene rings is 2. The summed E-state index contributed by atoms with van der Waals surface area (Å²) in [5.74, 6) is 0. The molecule has 0 fully saturated rings. The molecule has 0 aliphatic heterocycles. The van der Waals surface area contributed by atoms with Gasteiger partial charge in [0.1, 0.15) is 0 Å². The number of halogens is 5. The van der Waals surface area contributed by atoms with Gasteiger partial charge in [-0.25, -0.2) is 12.4 Å². The number of hydrogen-bond donors (Lipinski definition) is 1. The normalized spacial score (nSPS) is 19.7. The average Bonchev–Trinajstić information content (AvgIpc) is 3.12. The minimum atomic E-state index is -5.07. The van der Waals surface area contributed by atoms with E-state index >= 15 is 0 Å². The van der Waals surface area contributed by atoms with Crippen LogP contribution in [-0.2, 0) is 22.0 Å². The van der Waals surface area contributed by atoms with E-state index in [0.29, 0.717) is 3.97 Å². The molecule has 2 aromatic carbocycles. The molecule has 3 aromatic rings. The van der Waals surface area contributed by atoms with Crippen molar-refractivity contribution in [2.24, 2.45) is 0 Å². The van der Waals surface area contributed by atoms with Crippen molar-refractivity contribution in [3.8, 4) is 0 Å². The van der Waals surface area contributed by atoms with E-state index in [1.54, 1.807) is 19.1 Å². The zero-order valence-electron chi connectivity index (χ0n) is 14.9. The molecule has 1 unspecified atom stereocenters. The summed E-state index contributed by atoms with van der Waals surface area (Å²) in [6, 6.07) is 8.24. The molecular weight excluding hydrogens is 450 g/mol. The van der Waals surface area contributed by atoms with Gasteiger partial charge in [-0.2, -0.15) is 13.2 Å². The van der Waals surface area contributed by atoms with E-state index in [1.807, 2.05) is 0 Å². The van der Waals surface area contributed by atoms with Gasteiger partial charge in [0.2, 0.25) is 5.60 Å². The van der Waals surface area contributed by atoms with Crippen LogP contribution in [0.2, 0.25) is 10.0 Å². The number of aromatic nitrogens is 1. The second kappa shape index (κ2) is 6.38. The largest absolute Gasteiger partial charge is 0.422 e. The van der Waals surface area contributed by atoms with Gasteiger partial charge >= 0.3 is 6.18 Å². The predicted molar refractivity (Wildman–Crippen MR) is 104 cm³/mol. The number of rotatable bonds is 2. The zero-order chi connectivity index (χ0) is 21.4. The molecule has 1 heterocycles. The average molecular weight is 464 g/mol. The molecule has 1 atom stereocenters. The maximum atomic E-state index is 13.8. The Morgan fingerprint density at radius 3 is 2.28 bits per heavy atom. The summed E-state index contributed by atoms with van der Waals surface area (Å²) in [6.07, 6.45) is -5.91. The molecular formula is C19H14Cl2F3NO3S. The maximum Gasteiger partial charge on any atom is 0.422 e. The Labute approximate surface area is 174 Å². The zero-order valence-corrected chi connectivity index (χ0v) is 17.2. The van der Waals surface area contributed by atoms with Gasteiger partial charge in [0.05, 0.1) is 26.2 Å². The summed E-state index contributed by atoms with van der Waals surface area (Å²) in [7, 11) is -4.47. The number of aryl methyl sites for hydroxylation is 2. The number of fused-ring (bicyclic) bond motifs is 3. The summed E-state index contributed by atoms with van der Waals surface area (Å²) in [5, 5.41) is 10.9. The molecule has 0 amide bonds. The number of hydrogen-bond acceptors (Lipinski definition) is 3. The fourth-order valence-corrected chi connectivity index (χ4v) is 5.68. The van der Waals surface area contributed by atoms with Crippen LogP contribution in [0.3, 0.4) is 0 Å². The lowest BCUT2D eigenvalue weighted by Gasteiger charge is -2.28. The highest BCUT2D eigenvalue weighted by Crippen LogP contribution is 2.52.